The second-order valence-corrected chi connectivity index (χ2v) is 8.60. The minimum atomic E-state index is -0.343. The quantitative estimate of drug-likeness (QED) is 0.525. The lowest BCUT2D eigenvalue weighted by molar-refractivity contribution is 0.371. The summed E-state index contributed by atoms with van der Waals surface area (Å²) in [5.74, 6) is 1.71. The van der Waals surface area contributed by atoms with Crippen LogP contribution in [0.1, 0.15) is 28.4 Å². The molecule has 6 nitrogen and oxygen atoms in total. The number of phenolic OH excluding ortho intramolecular Hbond substituents is 1. The summed E-state index contributed by atoms with van der Waals surface area (Å²) in [6.45, 7) is 3.99. The van der Waals surface area contributed by atoms with Gasteiger partial charge < -0.3 is 14.7 Å². The van der Waals surface area contributed by atoms with Gasteiger partial charge in [-0.1, -0.05) is 47.0 Å². The lowest BCUT2D eigenvalue weighted by Crippen LogP contribution is -2.35. The Hall–Kier alpha value is -3.22. The SMILES string of the molecule is COc1ccc([C@@H]2c3c(C)nn(-c4ccc(C)cc4)c3N=C3C(Cl)=CC(Cl)=CN32)cc1O. The number of rotatable bonds is 3. The van der Waals surface area contributed by atoms with Crippen LogP contribution in [0.15, 0.2) is 69.8 Å². The number of ether oxygens (including phenoxy) is 1. The van der Waals surface area contributed by atoms with Gasteiger partial charge in [-0.25, -0.2) is 9.67 Å². The number of nitrogens with zero attached hydrogens (tertiary/aromatic N) is 4. The summed E-state index contributed by atoms with van der Waals surface area (Å²) in [6, 6.07) is 13.1. The Kier molecular flexibility index (Phi) is 4.99. The smallest absolute Gasteiger partial charge is 0.164 e. The zero-order valence-electron chi connectivity index (χ0n) is 17.7. The van der Waals surface area contributed by atoms with Crippen molar-refractivity contribution < 1.29 is 9.84 Å². The molecule has 0 spiro atoms. The second kappa shape index (κ2) is 7.73. The van der Waals surface area contributed by atoms with Crippen LogP contribution >= 0.6 is 23.2 Å². The summed E-state index contributed by atoms with van der Waals surface area (Å²) in [6.07, 6.45) is 3.47. The van der Waals surface area contributed by atoms with E-state index in [4.69, 9.17) is 38.0 Å². The van der Waals surface area contributed by atoms with Crippen LogP contribution < -0.4 is 4.74 Å². The van der Waals surface area contributed by atoms with E-state index in [9.17, 15) is 5.11 Å². The Morgan fingerprint density at radius 2 is 1.81 bits per heavy atom. The first-order valence-electron chi connectivity index (χ1n) is 10.0. The van der Waals surface area contributed by atoms with Gasteiger partial charge in [0, 0.05) is 11.8 Å². The summed E-state index contributed by atoms with van der Waals surface area (Å²) in [5, 5.41) is 16.2. The van der Waals surface area contributed by atoms with E-state index in [0.717, 1.165) is 28.1 Å². The number of halogens is 2. The molecule has 0 bridgehead atoms. The van der Waals surface area contributed by atoms with E-state index in [1.54, 1.807) is 24.4 Å². The van der Waals surface area contributed by atoms with E-state index in [1.807, 2.05) is 53.8 Å². The number of aliphatic imine (C=N–C) groups is 1. The van der Waals surface area contributed by atoms with E-state index in [1.165, 1.54) is 7.11 Å². The Balaban J connectivity index is 1.76. The molecule has 1 aromatic heterocycles. The van der Waals surface area contributed by atoms with Crippen LogP contribution in [-0.2, 0) is 0 Å². The largest absolute Gasteiger partial charge is 0.504 e. The second-order valence-electron chi connectivity index (χ2n) is 7.75. The molecular weight excluding hydrogens is 447 g/mol. The first-order chi connectivity index (χ1) is 15.4. The molecule has 1 atom stereocenters. The average Bonchev–Trinajstić information content (AvgIpc) is 3.09. The fraction of sp³-hybridized carbons (Fsp3) is 0.167. The first kappa shape index (κ1) is 20.7. The molecule has 2 aliphatic rings. The van der Waals surface area contributed by atoms with Crippen LogP contribution in [0, 0.1) is 13.8 Å². The van der Waals surface area contributed by atoms with E-state index >= 15 is 0 Å². The van der Waals surface area contributed by atoms with Crippen molar-refractivity contribution in [2.45, 2.75) is 19.9 Å². The Morgan fingerprint density at radius 1 is 1.06 bits per heavy atom. The minimum absolute atomic E-state index is 0.0490. The third-order valence-corrected chi connectivity index (χ3v) is 6.11. The maximum absolute atomic E-state index is 10.5. The van der Waals surface area contributed by atoms with Crippen molar-refractivity contribution in [3.63, 3.8) is 0 Å². The fourth-order valence-corrected chi connectivity index (χ4v) is 4.64. The molecule has 0 saturated heterocycles. The number of aromatic nitrogens is 2. The van der Waals surface area contributed by atoms with E-state index < -0.39 is 0 Å². The van der Waals surface area contributed by atoms with Crippen LogP contribution in [-0.4, -0.2) is 32.7 Å². The Bertz CT molecular complexity index is 1320. The van der Waals surface area contributed by atoms with Gasteiger partial charge in [0.25, 0.3) is 0 Å². The predicted molar refractivity (Wildman–Crippen MR) is 126 cm³/mol. The fourth-order valence-electron chi connectivity index (χ4n) is 4.11. The van der Waals surface area contributed by atoms with E-state index in [0.29, 0.717) is 27.5 Å². The lowest BCUT2D eigenvalue weighted by Gasteiger charge is -2.37. The summed E-state index contributed by atoms with van der Waals surface area (Å²) in [7, 11) is 1.52. The minimum Gasteiger partial charge on any atom is -0.504 e. The van der Waals surface area contributed by atoms with Crippen LogP contribution in [0.5, 0.6) is 11.5 Å². The zero-order chi connectivity index (χ0) is 22.6. The molecule has 0 amide bonds. The summed E-state index contributed by atoms with van der Waals surface area (Å²) < 4.78 is 7.05. The van der Waals surface area contributed by atoms with Gasteiger partial charge in [-0.2, -0.15) is 5.10 Å². The highest BCUT2D eigenvalue weighted by Gasteiger charge is 2.38. The number of aromatic hydroxyl groups is 1. The van der Waals surface area contributed by atoms with E-state index in [2.05, 4.69) is 0 Å². The average molecular weight is 467 g/mol. The number of hydrogen-bond acceptors (Lipinski definition) is 5. The van der Waals surface area contributed by atoms with Crippen molar-refractivity contribution in [2.24, 2.45) is 4.99 Å². The molecule has 0 unspecified atom stereocenters. The monoisotopic (exact) mass is 466 g/mol. The molecule has 32 heavy (non-hydrogen) atoms. The molecule has 1 N–H and O–H groups in total. The van der Waals surface area contributed by atoms with Gasteiger partial charge in [0.1, 0.15) is 0 Å². The molecule has 2 aliphatic heterocycles. The maximum Gasteiger partial charge on any atom is 0.164 e. The van der Waals surface area contributed by atoms with Gasteiger partial charge in [-0.05, 0) is 49.8 Å². The van der Waals surface area contributed by atoms with Gasteiger partial charge in [-0.15, -0.1) is 0 Å². The standard InChI is InChI=1S/C24H20Cl2N4O2/c1-13-4-7-17(8-5-13)30-24-21(14(2)28-30)22(15-6-9-20(32-3)19(31)10-15)29-12-16(25)11-18(26)23(29)27-24/h4-12,22,31H,1-3H3/t22-/m1/s1. The summed E-state index contributed by atoms with van der Waals surface area (Å²) in [5.41, 5.74) is 4.62. The first-order valence-corrected chi connectivity index (χ1v) is 10.8. The molecule has 0 fully saturated rings. The van der Waals surface area contributed by atoms with Crippen LogP contribution in [0.3, 0.4) is 0 Å². The number of fused-ring (bicyclic) bond motifs is 2. The highest BCUT2D eigenvalue weighted by molar-refractivity contribution is 6.45. The summed E-state index contributed by atoms with van der Waals surface area (Å²) in [4.78, 5) is 6.81. The van der Waals surface area contributed by atoms with Crippen molar-refractivity contribution in [2.75, 3.05) is 7.11 Å². The number of methoxy groups -OCH3 is 1. The molecule has 162 valence electrons. The number of allylic oxidation sites excluding steroid dienone is 2. The molecule has 8 heteroatoms. The highest BCUT2D eigenvalue weighted by atomic mass is 35.5. The normalized spacial score (nSPS) is 17.2. The molecule has 3 heterocycles. The van der Waals surface area contributed by atoms with E-state index in [-0.39, 0.29) is 11.8 Å². The molecule has 0 saturated carbocycles. The molecule has 2 aromatic carbocycles. The predicted octanol–water partition coefficient (Wildman–Crippen LogP) is 5.85. The molecule has 5 rings (SSSR count). The van der Waals surface area contributed by atoms with Crippen LogP contribution in [0.2, 0.25) is 0 Å². The van der Waals surface area contributed by atoms with Gasteiger partial charge in [0.15, 0.2) is 23.2 Å². The Morgan fingerprint density at radius 3 is 2.50 bits per heavy atom. The topological polar surface area (TPSA) is 62.9 Å². The van der Waals surface area contributed by atoms with Crippen molar-refractivity contribution in [3.05, 3.63) is 87.2 Å². The number of aryl methyl sites for hydroxylation is 2. The van der Waals surface area contributed by atoms with Gasteiger partial charge in [-0.3, -0.25) is 0 Å². The number of amidine groups is 1. The summed E-state index contributed by atoms with van der Waals surface area (Å²) >= 11 is 12.9. The van der Waals surface area contributed by atoms with Crippen molar-refractivity contribution in [3.8, 4) is 17.2 Å². The molecule has 0 aliphatic carbocycles. The van der Waals surface area contributed by atoms with Gasteiger partial charge in [0.2, 0.25) is 0 Å². The third kappa shape index (κ3) is 3.27. The third-order valence-electron chi connectivity index (χ3n) is 5.63. The Labute approximate surface area is 195 Å². The van der Waals surface area contributed by atoms with Crippen molar-refractivity contribution in [1.82, 2.24) is 14.7 Å². The highest BCUT2D eigenvalue weighted by Crippen LogP contribution is 2.46. The van der Waals surface area contributed by atoms with Crippen LogP contribution in [0.25, 0.3) is 5.69 Å². The van der Waals surface area contributed by atoms with Crippen molar-refractivity contribution >= 4 is 34.9 Å². The zero-order valence-corrected chi connectivity index (χ0v) is 19.2. The number of hydrogen-bond donors (Lipinski definition) is 1. The van der Waals surface area contributed by atoms with Gasteiger partial charge in [0.05, 0.1) is 34.6 Å². The van der Waals surface area contributed by atoms with Gasteiger partial charge >= 0.3 is 0 Å². The lowest BCUT2D eigenvalue weighted by atomic mass is 9.94. The van der Waals surface area contributed by atoms with Crippen molar-refractivity contribution in [1.29, 1.82) is 0 Å². The number of phenols is 1. The van der Waals surface area contributed by atoms with Crippen LogP contribution in [0.4, 0.5) is 5.82 Å². The molecule has 0 radical (unpaired) electrons. The molecule has 3 aromatic rings. The maximum atomic E-state index is 10.5. The molecular formula is C24H20Cl2N4O2. The number of benzene rings is 2.